The minimum Gasteiger partial charge on any atom is -0.506 e. The van der Waals surface area contributed by atoms with Gasteiger partial charge in [-0.05, 0) is 12.1 Å². The van der Waals surface area contributed by atoms with E-state index in [1.54, 1.807) is 0 Å². The van der Waals surface area contributed by atoms with Crippen LogP contribution in [0.15, 0.2) is 12.1 Å². The maximum absolute atomic E-state index is 11.4. The van der Waals surface area contributed by atoms with Crippen LogP contribution in [0.25, 0.3) is 0 Å². The maximum Gasteiger partial charge on any atom is 0.315 e. The zero-order valence-corrected chi connectivity index (χ0v) is 9.17. The van der Waals surface area contributed by atoms with Crippen LogP contribution in [0.5, 0.6) is 5.75 Å². The van der Waals surface area contributed by atoms with Crippen molar-refractivity contribution in [3.63, 3.8) is 0 Å². The molecule has 8 heteroatoms. The second-order valence-corrected chi connectivity index (χ2v) is 3.37. The summed E-state index contributed by atoms with van der Waals surface area (Å²) in [4.78, 5) is 25.2. The van der Waals surface area contributed by atoms with Crippen LogP contribution < -0.4 is 11.0 Å². The van der Waals surface area contributed by atoms with E-state index in [1.165, 1.54) is 6.07 Å². The van der Waals surface area contributed by atoms with E-state index in [2.05, 4.69) is 4.84 Å². The maximum atomic E-state index is 11.4. The van der Waals surface area contributed by atoms with Crippen molar-refractivity contribution in [2.45, 2.75) is 0 Å². The van der Waals surface area contributed by atoms with Crippen LogP contribution in [0.3, 0.4) is 0 Å². The Morgan fingerprint density at radius 1 is 1.38 bits per heavy atom. The number of phenols is 1. The predicted octanol–water partition coefficient (Wildman–Crippen LogP) is 1.02. The summed E-state index contributed by atoms with van der Waals surface area (Å²) in [5.74, 6) is -0.980. The van der Waals surface area contributed by atoms with E-state index in [-0.39, 0.29) is 27.8 Å². The van der Waals surface area contributed by atoms with Crippen LogP contribution in [-0.2, 0) is 9.63 Å². The van der Waals surface area contributed by atoms with Gasteiger partial charge in [-0.25, -0.2) is 0 Å². The van der Waals surface area contributed by atoms with Crippen LogP contribution in [0.2, 0.25) is 10.0 Å². The molecule has 0 aliphatic rings. The fraction of sp³-hybridized carbons (Fsp3) is 0. The van der Waals surface area contributed by atoms with Gasteiger partial charge in [0, 0.05) is 0 Å². The number of halogens is 2. The average Bonchev–Trinajstić information content (AvgIpc) is 2.23. The molecule has 0 atom stereocenters. The zero-order valence-electron chi connectivity index (χ0n) is 7.66. The molecular formula is C8H6Cl2N2O4. The summed E-state index contributed by atoms with van der Waals surface area (Å²) >= 11 is 11.3. The molecule has 0 unspecified atom stereocenters. The largest absolute Gasteiger partial charge is 0.506 e. The SMILES string of the molecule is O=CONNC(=O)c1cc(O)c(Cl)cc1Cl. The van der Waals surface area contributed by atoms with E-state index >= 15 is 0 Å². The Morgan fingerprint density at radius 2 is 2.06 bits per heavy atom. The van der Waals surface area contributed by atoms with Crippen LogP contribution >= 0.6 is 23.2 Å². The average molecular weight is 265 g/mol. The second-order valence-electron chi connectivity index (χ2n) is 2.55. The fourth-order valence-corrected chi connectivity index (χ4v) is 1.35. The molecule has 6 nitrogen and oxygen atoms in total. The standard InChI is InChI=1S/C8H6Cl2N2O4/c9-5-2-6(10)7(14)1-4(5)8(15)11-12-16-3-13/h1-3,12,14H,(H,11,15). The fourth-order valence-electron chi connectivity index (χ4n) is 0.879. The lowest BCUT2D eigenvalue weighted by molar-refractivity contribution is -0.136. The Kier molecular flexibility index (Phi) is 4.36. The molecule has 0 saturated carbocycles. The van der Waals surface area contributed by atoms with Crippen molar-refractivity contribution < 1.29 is 19.5 Å². The Balaban J connectivity index is 2.83. The van der Waals surface area contributed by atoms with Gasteiger partial charge in [0.15, 0.2) is 0 Å². The molecule has 0 aliphatic heterocycles. The van der Waals surface area contributed by atoms with Gasteiger partial charge in [0.2, 0.25) is 0 Å². The van der Waals surface area contributed by atoms with Gasteiger partial charge < -0.3 is 9.94 Å². The molecule has 0 heterocycles. The molecule has 3 N–H and O–H groups in total. The summed E-state index contributed by atoms with van der Waals surface area (Å²) < 4.78 is 0. The number of benzene rings is 1. The lowest BCUT2D eigenvalue weighted by Crippen LogP contribution is -2.37. The summed E-state index contributed by atoms with van der Waals surface area (Å²) in [6.07, 6.45) is 0. The van der Waals surface area contributed by atoms with Crippen molar-refractivity contribution in [2.75, 3.05) is 0 Å². The number of nitrogens with one attached hydrogen (secondary N) is 2. The molecule has 0 spiro atoms. The smallest absolute Gasteiger partial charge is 0.315 e. The van der Waals surface area contributed by atoms with Gasteiger partial charge in [-0.1, -0.05) is 28.8 Å². The lowest BCUT2D eigenvalue weighted by atomic mass is 10.2. The van der Waals surface area contributed by atoms with E-state index in [9.17, 15) is 14.7 Å². The van der Waals surface area contributed by atoms with E-state index in [4.69, 9.17) is 23.2 Å². The second kappa shape index (κ2) is 5.55. The monoisotopic (exact) mass is 264 g/mol. The van der Waals surface area contributed by atoms with Crippen LogP contribution in [0.1, 0.15) is 10.4 Å². The molecule has 1 aromatic carbocycles. The minimum absolute atomic E-state index is 0.0226. The number of carbonyl (C=O) groups excluding carboxylic acids is 2. The van der Waals surface area contributed by atoms with Gasteiger partial charge >= 0.3 is 6.47 Å². The molecule has 0 aromatic heterocycles. The molecule has 0 aliphatic carbocycles. The summed E-state index contributed by atoms with van der Waals surface area (Å²) in [5, 5.41) is 9.34. The van der Waals surface area contributed by atoms with Crippen LogP contribution in [0.4, 0.5) is 0 Å². The normalized spacial score (nSPS) is 9.62. The van der Waals surface area contributed by atoms with Crippen molar-refractivity contribution >= 4 is 35.6 Å². The zero-order chi connectivity index (χ0) is 12.1. The highest BCUT2D eigenvalue weighted by Gasteiger charge is 2.13. The summed E-state index contributed by atoms with van der Waals surface area (Å²) in [7, 11) is 0. The molecule has 86 valence electrons. The molecule has 0 radical (unpaired) electrons. The quantitative estimate of drug-likeness (QED) is 0.430. The van der Waals surface area contributed by atoms with Crippen molar-refractivity contribution in [2.24, 2.45) is 0 Å². The topological polar surface area (TPSA) is 87.7 Å². The van der Waals surface area contributed by atoms with Crippen molar-refractivity contribution in [1.82, 2.24) is 11.0 Å². The van der Waals surface area contributed by atoms with Gasteiger partial charge in [0.05, 0.1) is 15.6 Å². The summed E-state index contributed by atoms with van der Waals surface area (Å²) in [5.41, 5.74) is 3.84. The highest BCUT2D eigenvalue weighted by molar-refractivity contribution is 6.37. The summed E-state index contributed by atoms with van der Waals surface area (Å²) in [6, 6.07) is 2.30. The third kappa shape index (κ3) is 2.99. The van der Waals surface area contributed by atoms with E-state index in [0.717, 1.165) is 6.07 Å². The first-order valence-electron chi connectivity index (χ1n) is 3.89. The minimum atomic E-state index is -0.696. The number of rotatable bonds is 4. The van der Waals surface area contributed by atoms with Crippen LogP contribution in [-0.4, -0.2) is 17.5 Å². The van der Waals surface area contributed by atoms with Gasteiger partial charge in [-0.3, -0.25) is 15.0 Å². The number of phenolic OH excluding ortho intramolecular Hbond substituents is 1. The Morgan fingerprint density at radius 3 is 2.69 bits per heavy atom. The molecule has 16 heavy (non-hydrogen) atoms. The van der Waals surface area contributed by atoms with Gasteiger partial charge in [-0.2, -0.15) is 0 Å². The highest BCUT2D eigenvalue weighted by atomic mass is 35.5. The number of hydrogen-bond acceptors (Lipinski definition) is 5. The molecule has 0 fully saturated rings. The molecule has 0 saturated heterocycles. The van der Waals surface area contributed by atoms with Gasteiger partial charge in [0.1, 0.15) is 5.75 Å². The highest BCUT2D eigenvalue weighted by Crippen LogP contribution is 2.29. The van der Waals surface area contributed by atoms with Crippen molar-refractivity contribution in [1.29, 1.82) is 0 Å². The Bertz CT molecular complexity index is 425. The number of hydrogen-bond donors (Lipinski definition) is 3. The number of aromatic hydroxyl groups is 1. The Labute approximate surface area is 100 Å². The number of amides is 1. The first-order valence-corrected chi connectivity index (χ1v) is 4.64. The predicted molar refractivity (Wildman–Crippen MR) is 55.9 cm³/mol. The Hall–Kier alpha value is -1.50. The van der Waals surface area contributed by atoms with Crippen LogP contribution in [0, 0.1) is 0 Å². The molecule has 1 aromatic rings. The first kappa shape index (κ1) is 12.6. The number of carbonyl (C=O) groups is 2. The molecule has 1 amide bonds. The third-order valence-corrected chi connectivity index (χ3v) is 2.17. The molecular weight excluding hydrogens is 259 g/mol. The van der Waals surface area contributed by atoms with E-state index in [0.29, 0.717) is 0 Å². The van der Waals surface area contributed by atoms with Gasteiger partial charge in [0.25, 0.3) is 5.91 Å². The first-order chi connectivity index (χ1) is 7.56. The van der Waals surface area contributed by atoms with Gasteiger partial charge in [-0.15, -0.1) is 0 Å². The van der Waals surface area contributed by atoms with E-state index in [1.807, 2.05) is 11.0 Å². The number of hydrazine groups is 1. The third-order valence-electron chi connectivity index (χ3n) is 1.55. The summed E-state index contributed by atoms with van der Waals surface area (Å²) in [6.45, 7) is 0.0845. The van der Waals surface area contributed by atoms with Crippen molar-refractivity contribution in [3.05, 3.63) is 27.7 Å². The van der Waals surface area contributed by atoms with Crippen molar-refractivity contribution in [3.8, 4) is 5.75 Å². The van der Waals surface area contributed by atoms with E-state index < -0.39 is 5.91 Å². The molecule has 0 bridgehead atoms. The lowest BCUT2D eigenvalue weighted by Gasteiger charge is -2.07. The molecule has 1 rings (SSSR count).